The molecule has 4 N–H and O–H groups in total. The van der Waals surface area contributed by atoms with Crippen molar-refractivity contribution >= 4 is 56.1 Å². The Morgan fingerprint density at radius 1 is 0.847 bits per heavy atom. The number of aromatic nitrogens is 4. The van der Waals surface area contributed by atoms with Crippen LogP contribution in [0.25, 0.3) is 43.0 Å². The summed E-state index contributed by atoms with van der Waals surface area (Å²) in [6.07, 6.45) is 7.85. The lowest BCUT2D eigenvalue weighted by atomic mass is 10.0. The predicted molar refractivity (Wildman–Crippen MR) is 226 cm³/mol. The molecular formula is C43H44N8O6S2. The highest BCUT2D eigenvalue weighted by molar-refractivity contribution is 7.27. The van der Waals surface area contributed by atoms with E-state index in [1.165, 1.54) is 18.9 Å². The number of imidazole rings is 2. The van der Waals surface area contributed by atoms with Gasteiger partial charge in [0.2, 0.25) is 5.91 Å². The summed E-state index contributed by atoms with van der Waals surface area (Å²) in [6.45, 7) is 4.77. The van der Waals surface area contributed by atoms with Crippen LogP contribution in [0.15, 0.2) is 89.9 Å². The fourth-order valence-electron chi connectivity index (χ4n) is 7.76. The molecule has 4 amide bonds. The number of benzene rings is 2. The highest BCUT2D eigenvalue weighted by atomic mass is 32.1. The predicted octanol–water partition coefficient (Wildman–Crippen LogP) is 7.99. The number of carbonyl (C=O) groups is 4. The van der Waals surface area contributed by atoms with E-state index in [0.29, 0.717) is 24.5 Å². The quantitative estimate of drug-likeness (QED) is 0.0951. The summed E-state index contributed by atoms with van der Waals surface area (Å²) in [4.78, 5) is 71.7. The minimum Gasteiger partial charge on any atom is -0.453 e. The zero-order chi connectivity index (χ0) is 41.2. The number of fused-ring (bicyclic) bond motifs is 1. The SMILES string of the molecule is COC(=O)N[C@H](C(=O)N1CCC[C@H]1c1nc(-c2csc3c(-c4ccc(-c5cnc(C6C=CCN6C(=O)[C@H](NC(=O)OC)c6ccccc6)[nH]5)cc4)csc23)c[nH]1)C(C)C. The number of likely N-dealkylation sites (tertiary alicyclic amines) is 1. The monoisotopic (exact) mass is 832 g/mol. The van der Waals surface area contributed by atoms with E-state index in [-0.39, 0.29) is 23.8 Å². The molecule has 16 heteroatoms. The van der Waals surface area contributed by atoms with Crippen LogP contribution in [0.1, 0.15) is 62.0 Å². The van der Waals surface area contributed by atoms with E-state index in [4.69, 9.17) is 14.5 Å². The van der Waals surface area contributed by atoms with Gasteiger partial charge in [0.05, 0.1) is 47.2 Å². The molecule has 304 valence electrons. The van der Waals surface area contributed by atoms with Crippen molar-refractivity contribution in [2.75, 3.05) is 27.3 Å². The van der Waals surface area contributed by atoms with Gasteiger partial charge < -0.3 is 39.9 Å². The summed E-state index contributed by atoms with van der Waals surface area (Å²) in [5.74, 6) is 0.823. The topological polar surface area (TPSA) is 175 Å². The third kappa shape index (κ3) is 7.84. The number of nitrogens with one attached hydrogen (secondary N) is 4. The largest absolute Gasteiger partial charge is 0.453 e. The van der Waals surface area contributed by atoms with Crippen LogP contribution in [-0.4, -0.2) is 87.1 Å². The normalized spacial score (nSPS) is 17.4. The van der Waals surface area contributed by atoms with E-state index in [2.05, 4.69) is 60.6 Å². The maximum absolute atomic E-state index is 13.9. The van der Waals surface area contributed by atoms with Crippen molar-refractivity contribution < 1.29 is 28.7 Å². The summed E-state index contributed by atoms with van der Waals surface area (Å²) in [7, 11) is 2.56. The number of methoxy groups -OCH3 is 2. The van der Waals surface area contributed by atoms with E-state index < -0.39 is 30.3 Å². The number of hydrogen-bond acceptors (Lipinski definition) is 10. The van der Waals surface area contributed by atoms with Gasteiger partial charge in [-0.2, -0.15) is 0 Å². The average Bonchev–Trinajstić information content (AvgIpc) is 4.11. The number of carbonyl (C=O) groups excluding carboxylic acids is 4. The number of H-pyrrole nitrogens is 2. The Bertz CT molecular complexity index is 2500. The van der Waals surface area contributed by atoms with Gasteiger partial charge in [-0.3, -0.25) is 9.59 Å². The van der Waals surface area contributed by atoms with Crippen molar-refractivity contribution in [2.24, 2.45) is 5.92 Å². The van der Waals surface area contributed by atoms with E-state index in [1.54, 1.807) is 45.9 Å². The smallest absolute Gasteiger partial charge is 0.407 e. The van der Waals surface area contributed by atoms with Crippen LogP contribution in [0.4, 0.5) is 9.59 Å². The molecule has 4 aromatic heterocycles. The molecular weight excluding hydrogens is 789 g/mol. The van der Waals surface area contributed by atoms with Gasteiger partial charge in [0.15, 0.2) is 0 Å². The number of amides is 4. The second-order valence-corrected chi connectivity index (χ2v) is 16.5. The van der Waals surface area contributed by atoms with Crippen molar-refractivity contribution in [3.63, 3.8) is 0 Å². The molecule has 2 aromatic carbocycles. The Hall–Kier alpha value is -6.26. The van der Waals surface area contributed by atoms with Crippen molar-refractivity contribution in [3.8, 4) is 33.6 Å². The first-order chi connectivity index (χ1) is 28.6. The van der Waals surface area contributed by atoms with E-state index in [1.807, 2.05) is 55.3 Å². The fraction of sp³-hybridized carbons (Fsp3) is 0.302. The molecule has 1 saturated heterocycles. The molecule has 2 aliphatic heterocycles. The summed E-state index contributed by atoms with van der Waals surface area (Å²) in [5.41, 5.74) is 6.50. The molecule has 6 aromatic rings. The summed E-state index contributed by atoms with van der Waals surface area (Å²) in [6, 6.07) is 15.1. The van der Waals surface area contributed by atoms with Crippen LogP contribution < -0.4 is 10.6 Å². The van der Waals surface area contributed by atoms with Crippen molar-refractivity contribution in [1.29, 1.82) is 0 Å². The second kappa shape index (κ2) is 16.9. The van der Waals surface area contributed by atoms with Crippen molar-refractivity contribution in [2.45, 2.75) is 50.9 Å². The van der Waals surface area contributed by atoms with Crippen LogP contribution in [0.3, 0.4) is 0 Å². The molecule has 4 atom stereocenters. The van der Waals surface area contributed by atoms with Crippen molar-refractivity contribution in [3.05, 3.63) is 107 Å². The first kappa shape index (κ1) is 39.6. The van der Waals surface area contributed by atoms with Gasteiger partial charge in [0, 0.05) is 41.2 Å². The number of rotatable bonds is 11. The number of ether oxygens (including phenoxy) is 2. The van der Waals surface area contributed by atoms with Crippen LogP contribution >= 0.6 is 22.7 Å². The summed E-state index contributed by atoms with van der Waals surface area (Å²) in [5, 5.41) is 9.71. The number of nitrogens with zero attached hydrogens (tertiary/aromatic N) is 4. The Kier molecular flexibility index (Phi) is 11.3. The molecule has 59 heavy (non-hydrogen) atoms. The molecule has 6 heterocycles. The second-order valence-electron chi connectivity index (χ2n) is 14.8. The molecule has 0 spiro atoms. The third-order valence-electron chi connectivity index (χ3n) is 10.9. The molecule has 0 aliphatic carbocycles. The highest BCUT2D eigenvalue weighted by Gasteiger charge is 2.38. The summed E-state index contributed by atoms with van der Waals surface area (Å²) < 4.78 is 11.9. The fourth-order valence-corrected chi connectivity index (χ4v) is 10.2. The maximum atomic E-state index is 13.9. The number of alkyl carbamates (subject to hydrolysis) is 2. The van der Waals surface area contributed by atoms with E-state index in [9.17, 15) is 19.2 Å². The Balaban J connectivity index is 0.968. The Labute approximate surface area is 348 Å². The maximum Gasteiger partial charge on any atom is 0.407 e. The average molecular weight is 833 g/mol. The first-order valence-corrected chi connectivity index (χ1v) is 21.1. The number of aromatic amines is 2. The first-order valence-electron chi connectivity index (χ1n) is 19.4. The van der Waals surface area contributed by atoms with Gasteiger partial charge >= 0.3 is 12.2 Å². The zero-order valence-electron chi connectivity index (χ0n) is 32.9. The van der Waals surface area contributed by atoms with Gasteiger partial charge in [0.25, 0.3) is 5.91 Å². The minimum absolute atomic E-state index is 0.111. The zero-order valence-corrected chi connectivity index (χ0v) is 34.6. The van der Waals surface area contributed by atoms with Gasteiger partial charge in [0.1, 0.15) is 29.8 Å². The Morgan fingerprint density at radius 3 is 2.27 bits per heavy atom. The van der Waals surface area contributed by atoms with Crippen LogP contribution in [-0.2, 0) is 19.1 Å². The Morgan fingerprint density at radius 2 is 1.54 bits per heavy atom. The van der Waals surface area contributed by atoms with Crippen molar-refractivity contribution in [1.82, 2.24) is 40.4 Å². The van der Waals surface area contributed by atoms with Gasteiger partial charge in [-0.15, -0.1) is 22.7 Å². The number of hydrogen-bond donors (Lipinski definition) is 4. The van der Waals surface area contributed by atoms with Crippen LogP contribution in [0.5, 0.6) is 0 Å². The van der Waals surface area contributed by atoms with Gasteiger partial charge in [-0.25, -0.2) is 19.6 Å². The molecule has 0 radical (unpaired) electrons. The molecule has 8 rings (SSSR count). The summed E-state index contributed by atoms with van der Waals surface area (Å²) >= 11 is 3.36. The molecule has 0 bridgehead atoms. The minimum atomic E-state index is -0.921. The standard InChI is InChI=1S/C43H44N8O6S2/c1-24(2)34(48-42(54)56-3)40(52)50-18-8-13-33(50)39-45-21-31(47-39)29-23-59-36-28(22-58-37(29)36)25-14-16-26(17-15-25)30-20-44-38(46-30)32-12-9-19-51(32)41(53)35(49-43(55)57-4)27-10-6-5-7-11-27/h5-7,9-12,14-17,20-24,32-35H,8,13,18-19H2,1-4H3,(H,44,46)(H,45,47)(H,48,54)(H,49,55)/t32?,33-,34-,35+/m0/s1. The molecule has 14 nitrogen and oxygen atoms in total. The lowest BCUT2D eigenvalue weighted by Gasteiger charge is -2.29. The van der Waals surface area contributed by atoms with E-state index in [0.717, 1.165) is 57.0 Å². The molecule has 0 saturated carbocycles. The molecule has 1 fully saturated rings. The number of thiophene rings is 2. The molecule has 2 aliphatic rings. The third-order valence-corrected chi connectivity index (χ3v) is 13.0. The van der Waals surface area contributed by atoms with Gasteiger partial charge in [-0.05, 0) is 35.4 Å². The lowest BCUT2D eigenvalue weighted by molar-refractivity contribution is -0.135. The highest BCUT2D eigenvalue weighted by Crippen LogP contribution is 2.44. The lowest BCUT2D eigenvalue weighted by Crippen LogP contribution is -2.51. The van der Waals surface area contributed by atoms with E-state index >= 15 is 0 Å². The molecule has 1 unspecified atom stereocenters. The van der Waals surface area contributed by atoms with Gasteiger partial charge in [-0.1, -0.05) is 80.6 Å². The van der Waals surface area contributed by atoms with Crippen LogP contribution in [0, 0.1) is 5.92 Å². The van der Waals surface area contributed by atoms with Crippen LogP contribution in [0.2, 0.25) is 0 Å².